The molecular formula is C21H27N3O4S. The Kier molecular flexibility index (Phi) is 7.69. The number of likely N-dealkylation sites (tertiary alicyclic amines) is 1. The first-order valence-electron chi connectivity index (χ1n) is 10.0. The minimum Gasteiger partial charge on any atom is -0.466 e. The molecular weight excluding hydrogens is 390 g/mol. The molecule has 0 saturated carbocycles. The molecule has 2 unspecified atom stereocenters. The van der Waals surface area contributed by atoms with Crippen molar-refractivity contribution in [3.05, 3.63) is 41.8 Å². The fourth-order valence-electron chi connectivity index (χ4n) is 3.41. The van der Waals surface area contributed by atoms with Gasteiger partial charge in [0.1, 0.15) is 0 Å². The zero-order chi connectivity index (χ0) is 20.6. The van der Waals surface area contributed by atoms with Gasteiger partial charge in [-0.25, -0.2) is 0 Å². The lowest BCUT2D eigenvalue weighted by Crippen LogP contribution is -2.43. The van der Waals surface area contributed by atoms with E-state index in [-0.39, 0.29) is 29.5 Å². The molecule has 1 aliphatic rings. The molecule has 1 aliphatic heterocycles. The number of piperidine rings is 1. The van der Waals surface area contributed by atoms with Crippen molar-refractivity contribution in [2.45, 2.75) is 44.3 Å². The van der Waals surface area contributed by atoms with Crippen LogP contribution < -0.4 is 0 Å². The SMILES string of the molecule is CCOC(=O)C1CCCN(C(=O)CSc2nnc(CC(C)c3ccccc3)o2)C1. The lowest BCUT2D eigenvalue weighted by atomic mass is 9.98. The lowest BCUT2D eigenvalue weighted by Gasteiger charge is -2.31. The van der Waals surface area contributed by atoms with Crippen LogP contribution in [0.3, 0.4) is 0 Å². The highest BCUT2D eigenvalue weighted by atomic mass is 32.2. The fourth-order valence-corrected chi connectivity index (χ4v) is 4.09. The van der Waals surface area contributed by atoms with Crippen LogP contribution in [0.2, 0.25) is 0 Å². The maximum Gasteiger partial charge on any atom is 0.310 e. The monoisotopic (exact) mass is 417 g/mol. The second-order valence-electron chi connectivity index (χ2n) is 7.20. The van der Waals surface area contributed by atoms with Crippen LogP contribution in [0.4, 0.5) is 0 Å². The summed E-state index contributed by atoms with van der Waals surface area (Å²) >= 11 is 1.24. The van der Waals surface area contributed by atoms with E-state index in [4.69, 9.17) is 9.15 Å². The van der Waals surface area contributed by atoms with Crippen LogP contribution in [0, 0.1) is 5.92 Å². The maximum atomic E-state index is 12.5. The number of ether oxygens (including phenoxy) is 1. The Morgan fingerprint density at radius 2 is 2.10 bits per heavy atom. The van der Waals surface area contributed by atoms with E-state index >= 15 is 0 Å². The van der Waals surface area contributed by atoms with Gasteiger partial charge in [0, 0.05) is 19.5 Å². The third-order valence-corrected chi connectivity index (χ3v) is 5.81. The predicted octanol–water partition coefficient (Wildman–Crippen LogP) is 3.31. The van der Waals surface area contributed by atoms with Crippen molar-refractivity contribution in [2.24, 2.45) is 5.92 Å². The maximum absolute atomic E-state index is 12.5. The highest BCUT2D eigenvalue weighted by Crippen LogP contribution is 2.24. The van der Waals surface area contributed by atoms with Crippen LogP contribution in [0.1, 0.15) is 44.1 Å². The first kappa shape index (κ1) is 21.4. The van der Waals surface area contributed by atoms with Crippen molar-refractivity contribution < 1.29 is 18.7 Å². The third kappa shape index (κ3) is 6.06. The zero-order valence-corrected chi connectivity index (χ0v) is 17.7. The van der Waals surface area contributed by atoms with Gasteiger partial charge in [-0.2, -0.15) is 0 Å². The number of hydrogen-bond acceptors (Lipinski definition) is 7. The van der Waals surface area contributed by atoms with Crippen LogP contribution >= 0.6 is 11.8 Å². The van der Waals surface area contributed by atoms with Crippen LogP contribution in [0.5, 0.6) is 0 Å². The molecule has 29 heavy (non-hydrogen) atoms. The van der Waals surface area contributed by atoms with Gasteiger partial charge in [-0.05, 0) is 31.2 Å². The van der Waals surface area contributed by atoms with Crippen molar-refractivity contribution in [2.75, 3.05) is 25.4 Å². The molecule has 7 nitrogen and oxygen atoms in total. The number of esters is 1. The summed E-state index contributed by atoms with van der Waals surface area (Å²) in [6, 6.07) is 10.2. The summed E-state index contributed by atoms with van der Waals surface area (Å²) < 4.78 is 10.8. The molecule has 1 fully saturated rings. The van der Waals surface area contributed by atoms with E-state index in [9.17, 15) is 9.59 Å². The minimum absolute atomic E-state index is 0.0265. The van der Waals surface area contributed by atoms with Crippen molar-refractivity contribution >= 4 is 23.6 Å². The summed E-state index contributed by atoms with van der Waals surface area (Å²) in [6.45, 7) is 5.36. The van der Waals surface area contributed by atoms with E-state index in [1.54, 1.807) is 11.8 Å². The highest BCUT2D eigenvalue weighted by molar-refractivity contribution is 7.99. The topological polar surface area (TPSA) is 85.5 Å². The van der Waals surface area contributed by atoms with E-state index in [1.165, 1.54) is 17.3 Å². The quantitative estimate of drug-likeness (QED) is 0.481. The molecule has 2 atom stereocenters. The Morgan fingerprint density at radius 1 is 1.31 bits per heavy atom. The van der Waals surface area contributed by atoms with Crippen LogP contribution in [-0.2, 0) is 20.7 Å². The van der Waals surface area contributed by atoms with Gasteiger partial charge in [0.25, 0.3) is 5.22 Å². The van der Waals surface area contributed by atoms with Crippen LogP contribution in [0.25, 0.3) is 0 Å². The third-order valence-electron chi connectivity index (χ3n) is 5.01. The molecule has 1 amide bonds. The van der Waals surface area contributed by atoms with E-state index in [2.05, 4.69) is 29.3 Å². The lowest BCUT2D eigenvalue weighted by molar-refractivity contribution is -0.151. The Balaban J connectivity index is 1.47. The molecule has 0 spiro atoms. The molecule has 8 heteroatoms. The largest absolute Gasteiger partial charge is 0.466 e. The Bertz CT molecular complexity index is 811. The van der Waals surface area contributed by atoms with E-state index in [1.807, 2.05) is 18.2 Å². The van der Waals surface area contributed by atoms with Gasteiger partial charge in [0.2, 0.25) is 11.8 Å². The van der Waals surface area contributed by atoms with Gasteiger partial charge >= 0.3 is 5.97 Å². The van der Waals surface area contributed by atoms with Crippen molar-refractivity contribution in [1.29, 1.82) is 0 Å². The summed E-state index contributed by atoms with van der Waals surface area (Å²) in [5.74, 6) is 0.576. The summed E-state index contributed by atoms with van der Waals surface area (Å²) in [5, 5.41) is 8.55. The number of rotatable bonds is 8. The Morgan fingerprint density at radius 3 is 2.86 bits per heavy atom. The first-order valence-corrected chi connectivity index (χ1v) is 11.0. The molecule has 1 saturated heterocycles. The molecule has 0 aliphatic carbocycles. The molecule has 0 radical (unpaired) electrons. The zero-order valence-electron chi connectivity index (χ0n) is 16.9. The van der Waals surface area contributed by atoms with Gasteiger partial charge < -0.3 is 14.1 Å². The fraction of sp³-hybridized carbons (Fsp3) is 0.524. The average Bonchev–Trinajstić information content (AvgIpc) is 3.20. The second kappa shape index (κ2) is 10.4. The van der Waals surface area contributed by atoms with Crippen LogP contribution in [-0.4, -0.2) is 52.4 Å². The van der Waals surface area contributed by atoms with Gasteiger partial charge in [-0.1, -0.05) is 49.0 Å². The molecule has 0 N–H and O–H groups in total. The highest BCUT2D eigenvalue weighted by Gasteiger charge is 2.29. The van der Waals surface area contributed by atoms with Crippen molar-refractivity contribution in [3.63, 3.8) is 0 Å². The molecule has 1 aromatic carbocycles. The Labute approximate surface area is 175 Å². The van der Waals surface area contributed by atoms with Gasteiger partial charge in [0.05, 0.1) is 18.3 Å². The van der Waals surface area contributed by atoms with E-state index < -0.39 is 0 Å². The number of carbonyl (C=O) groups excluding carboxylic acids is 2. The summed E-state index contributed by atoms with van der Waals surface area (Å²) in [5.41, 5.74) is 1.22. The number of hydrogen-bond donors (Lipinski definition) is 0. The summed E-state index contributed by atoms with van der Waals surface area (Å²) in [6.07, 6.45) is 2.23. The van der Waals surface area contributed by atoms with Crippen molar-refractivity contribution in [1.82, 2.24) is 15.1 Å². The molecule has 2 heterocycles. The number of benzene rings is 1. The number of nitrogens with zero attached hydrogens (tertiary/aromatic N) is 3. The molecule has 1 aromatic heterocycles. The smallest absolute Gasteiger partial charge is 0.310 e. The van der Waals surface area contributed by atoms with E-state index in [0.29, 0.717) is 37.2 Å². The molecule has 3 rings (SSSR count). The predicted molar refractivity (Wildman–Crippen MR) is 110 cm³/mol. The first-order chi connectivity index (χ1) is 14.1. The normalized spacial score (nSPS) is 17.7. The number of amides is 1. The van der Waals surface area contributed by atoms with Gasteiger partial charge in [-0.3, -0.25) is 9.59 Å². The summed E-state index contributed by atoms with van der Waals surface area (Å²) in [7, 11) is 0. The number of carbonyl (C=O) groups is 2. The van der Waals surface area contributed by atoms with Gasteiger partial charge in [0.15, 0.2) is 0 Å². The molecule has 0 bridgehead atoms. The van der Waals surface area contributed by atoms with E-state index in [0.717, 1.165) is 12.8 Å². The number of thioether (sulfide) groups is 1. The molecule has 2 aromatic rings. The van der Waals surface area contributed by atoms with Crippen LogP contribution in [0.15, 0.2) is 40.0 Å². The molecule has 156 valence electrons. The average molecular weight is 418 g/mol. The van der Waals surface area contributed by atoms with Crippen molar-refractivity contribution in [3.8, 4) is 0 Å². The standard InChI is InChI=1S/C21H27N3O4S/c1-3-27-20(26)17-10-7-11-24(13-17)19(25)14-29-21-23-22-18(28-21)12-15(2)16-8-5-4-6-9-16/h4-6,8-9,15,17H,3,7,10-14H2,1-2H3. The summed E-state index contributed by atoms with van der Waals surface area (Å²) in [4.78, 5) is 26.2. The van der Waals surface area contributed by atoms with Gasteiger partial charge in [-0.15, -0.1) is 10.2 Å². The number of aromatic nitrogens is 2. The Hall–Kier alpha value is -2.35. The minimum atomic E-state index is -0.230. The second-order valence-corrected chi connectivity index (χ2v) is 8.12.